The van der Waals surface area contributed by atoms with Crippen LogP contribution in [0.1, 0.15) is 0 Å². The van der Waals surface area contributed by atoms with Gasteiger partial charge in [-0.3, -0.25) is 4.57 Å². The van der Waals surface area contributed by atoms with Gasteiger partial charge in [-0.05, 0) is 32.3 Å². The second-order valence-corrected chi connectivity index (χ2v) is 8.81. The van der Waals surface area contributed by atoms with Gasteiger partial charge in [-0.25, -0.2) is 23.1 Å². The highest BCUT2D eigenvalue weighted by atomic mass is 19.3. The van der Waals surface area contributed by atoms with Gasteiger partial charge in [0.05, 0.1) is 41.8 Å². The molecule has 0 atom stereocenters. The van der Waals surface area contributed by atoms with Gasteiger partial charge in [-0.15, -0.1) is 0 Å². The number of para-hydroxylation sites is 2. The second-order valence-electron chi connectivity index (χ2n) is 8.81. The summed E-state index contributed by atoms with van der Waals surface area (Å²) in [5.41, 5.74) is 8.48. The van der Waals surface area contributed by atoms with Crippen molar-refractivity contribution in [1.29, 1.82) is 0 Å². The third-order valence-corrected chi connectivity index (χ3v) is 5.92. The van der Waals surface area contributed by atoms with E-state index in [-0.39, 0.29) is 11.8 Å². The van der Waals surface area contributed by atoms with Gasteiger partial charge in [0.2, 0.25) is 5.95 Å². The zero-order valence-electron chi connectivity index (χ0n) is 21.2. The van der Waals surface area contributed by atoms with E-state index in [4.69, 9.17) is 10.5 Å². The molecular formula is C25H30F2N8O2. The number of likely N-dealkylation sites (N-methyl/N-ethyl adjacent to an activating group) is 2. The lowest BCUT2D eigenvalue weighted by Gasteiger charge is -2.24. The Labute approximate surface area is 212 Å². The number of rotatable bonds is 10. The van der Waals surface area contributed by atoms with Crippen molar-refractivity contribution < 1.29 is 13.5 Å². The number of hydrogen-bond acceptors (Lipinski definition) is 8. The molecule has 0 saturated heterocycles. The number of anilines is 4. The minimum atomic E-state index is -2.68. The summed E-state index contributed by atoms with van der Waals surface area (Å²) in [4.78, 5) is 26.0. The number of ether oxygens (including phenoxy) is 1. The Balaban J connectivity index is 1.69. The van der Waals surface area contributed by atoms with Gasteiger partial charge in [0, 0.05) is 38.5 Å². The molecule has 2 aromatic carbocycles. The first-order valence-electron chi connectivity index (χ1n) is 11.6. The van der Waals surface area contributed by atoms with Crippen molar-refractivity contribution in [3.8, 4) is 11.6 Å². The molecule has 4 rings (SSSR count). The third kappa shape index (κ3) is 5.48. The quantitative estimate of drug-likeness (QED) is 0.312. The third-order valence-electron chi connectivity index (χ3n) is 5.92. The Kier molecular flexibility index (Phi) is 7.58. The van der Waals surface area contributed by atoms with Gasteiger partial charge in [0.15, 0.2) is 0 Å². The SMILES string of the molecule is COc1cc(N(C)CCN(C)C)c(N)cc1Nc1nccc(-n2c(=O)n(CC(F)F)c3ccccc32)n1. The average Bonchev–Trinajstić information content (AvgIpc) is 3.13. The Morgan fingerprint density at radius 3 is 2.51 bits per heavy atom. The lowest BCUT2D eigenvalue weighted by molar-refractivity contribution is 0.126. The van der Waals surface area contributed by atoms with Crippen LogP contribution >= 0.6 is 0 Å². The Morgan fingerprint density at radius 2 is 1.84 bits per heavy atom. The van der Waals surface area contributed by atoms with Gasteiger partial charge in [0.1, 0.15) is 11.6 Å². The largest absolute Gasteiger partial charge is 0.494 e. The number of aromatic nitrogens is 4. The van der Waals surface area contributed by atoms with Gasteiger partial charge in [-0.2, -0.15) is 4.98 Å². The number of halogens is 2. The first kappa shape index (κ1) is 25.9. The van der Waals surface area contributed by atoms with Gasteiger partial charge in [-0.1, -0.05) is 12.1 Å². The standard InChI is InChI=1S/C25H30F2N8O2/c1-32(2)11-12-33(3)20-14-21(37-4)17(13-16(20)28)30-24-29-10-9-23(31-24)35-19-8-6-5-7-18(19)34(25(35)36)15-22(26)27/h5-10,13-14,22H,11-12,15,28H2,1-4H3,(H,29,30,31). The maximum atomic E-state index is 13.2. The Bertz CT molecular complexity index is 1450. The number of alkyl halides is 2. The van der Waals surface area contributed by atoms with Crippen molar-refractivity contribution in [2.24, 2.45) is 0 Å². The van der Waals surface area contributed by atoms with Crippen LogP contribution in [0.15, 0.2) is 53.5 Å². The van der Waals surface area contributed by atoms with Crippen LogP contribution in [0.25, 0.3) is 16.9 Å². The number of nitrogens with two attached hydrogens (primary N) is 1. The molecule has 0 amide bonds. The Hall–Kier alpha value is -4.19. The number of nitrogens with zero attached hydrogens (tertiary/aromatic N) is 6. The van der Waals surface area contributed by atoms with E-state index < -0.39 is 18.7 Å². The minimum absolute atomic E-state index is 0.182. The van der Waals surface area contributed by atoms with E-state index in [0.29, 0.717) is 28.2 Å². The van der Waals surface area contributed by atoms with Crippen molar-refractivity contribution in [3.05, 3.63) is 59.1 Å². The molecule has 0 spiro atoms. The number of fused-ring (bicyclic) bond motifs is 1. The van der Waals surface area contributed by atoms with Crippen molar-refractivity contribution >= 4 is 34.0 Å². The number of benzene rings is 2. The van der Waals surface area contributed by atoms with Crippen molar-refractivity contribution in [3.63, 3.8) is 0 Å². The first-order chi connectivity index (χ1) is 17.7. The molecule has 0 aliphatic rings. The first-order valence-corrected chi connectivity index (χ1v) is 11.6. The topological polar surface area (TPSA) is 106 Å². The fourth-order valence-electron chi connectivity index (χ4n) is 4.05. The molecular weight excluding hydrogens is 482 g/mol. The maximum absolute atomic E-state index is 13.2. The fraction of sp³-hybridized carbons (Fsp3) is 0.320. The average molecular weight is 513 g/mol. The summed E-state index contributed by atoms with van der Waals surface area (Å²) in [6.45, 7) is 0.909. The smallest absolute Gasteiger partial charge is 0.335 e. The van der Waals surface area contributed by atoms with Crippen molar-refractivity contribution in [1.82, 2.24) is 24.0 Å². The van der Waals surface area contributed by atoms with E-state index in [0.717, 1.165) is 23.3 Å². The van der Waals surface area contributed by atoms with Gasteiger partial charge >= 0.3 is 5.69 Å². The highest BCUT2D eigenvalue weighted by Crippen LogP contribution is 2.36. The molecule has 0 bridgehead atoms. The molecule has 0 aliphatic heterocycles. The summed E-state index contributed by atoms with van der Waals surface area (Å²) in [6.07, 6.45) is -1.20. The van der Waals surface area contributed by atoms with Gasteiger partial charge < -0.3 is 25.6 Å². The minimum Gasteiger partial charge on any atom is -0.494 e. The summed E-state index contributed by atoms with van der Waals surface area (Å²) in [7, 11) is 7.51. The molecule has 196 valence electrons. The summed E-state index contributed by atoms with van der Waals surface area (Å²) in [5.74, 6) is 0.945. The van der Waals surface area contributed by atoms with E-state index >= 15 is 0 Å². The van der Waals surface area contributed by atoms with Crippen LogP contribution in [0.4, 0.5) is 31.8 Å². The van der Waals surface area contributed by atoms with Crippen LogP contribution in [-0.4, -0.2) is 71.8 Å². The summed E-state index contributed by atoms with van der Waals surface area (Å²) in [6, 6.07) is 11.8. The number of imidazole rings is 1. The predicted molar refractivity (Wildman–Crippen MR) is 142 cm³/mol. The zero-order chi connectivity index (χ0) is 26.7. The Morgan fingerprint density at radius 1 is 1.11 bits per heavy atom. The molecule has 0 aliphatic carbocycles. The lowest BCUT2D eigenvalue weighted by Crippen LogP contribution is -2.29. The molecule has 37 heavy (non-hydrogen) atoms. The van der Waals surface area contributed by atoms with E-state index in [1.807, 2.05) is 32.1 Å². The van der Waals surface area contributed by atoms with E-state index in [1.54, 1.807) is 43.5 Å². The van der Waals surface area contributed by atoms with Crippen molar-refractivity contribution in [2.45, 2.75) is 13.0 Å². The molecule has 12 heteroatoms. The second kappa shape index (κ2) is 10.8. The number of hydrogen-bond donors (Lipinski definition) is 2. The maximum Gasteiger partial charge on any atom is 0.335 e. The van der Waals surface area contributed by atoms with Crippen LogP contribution < -0.4 is 26.4 Å². The summed E-state index contributed by atoms with van der Waals surface area (Å²) < 4.78 is 34.3. The van der Waals surface area contributed by atoms with E-state index in [2.05, 4.69) is 20.2 Å². The summed E-state index contributed by atoms with van der Waals surface area (Å²) >= 11 is 0. The molecule has 4 aromatic rings. The zero-order valence-corrected chi connectivity index (χ0v) is 21.2. The van der Waals surface area contributed by atoms with Crippen LogP contribution in [0, 0.1) is 0 Å². The highest BCUT2D eigenvalue weighted by molar-refractivity contribution is 5.80. The molecule has 0 saturated carbocycles. The molecule has 2 aromatic heterocycles. The molecule has 3 N–H and O–H groups in total. The summed E-state index contributed by atoms with van der Waals surface area (Å²) in [5, 5.41) is 3.10. The normalized spacial score (nSPS) is 11.5. The number of nitrogens with one attached hydrogen (secondary N) is 1. The number of methoxy groups -OCH3 is 1. The molecule has 0 fully saturated rings. The molecule has 10 nitrogen and oxygen atoms in total. The van der Waals surface area contributed by atoms with Crippen LogP contribution in [0.3, 0.4) is 0 Å². The number of nitrogen functional groups attached to an aromatic ring is 1. The molecule has 0 radical (unpaired) electrons. The molecule has 2 heterocycles. The lowest BCUT2D eigenvalue weighted by atomic mass is 10.2. The van der Waals surface area contributed by atoms with E-state index in [1.165, 1.54) is 10.8 Å². The van der Waals surface area contributed by atoms with Crippen LogP contribution in [0.5, 0.6) is 5.75 Å². The van der Waals surface area contributed by atoms with Crippen LogP contribution in [0.2, 0.25) is 0 Å². The highest BCUT2D eigenvalue weighted by Gasteiger charge is 2.19. The van der Waals surface area contributed by atoms with E-state index in [9.17, 15) is 13.6 Å². The van der Waals surface area contributed by atoms with Gasteiger partial charge in [0.25, 0.3) is 6.43 Å². The monoisotopic (exact) mass is 512 g/mol. The predicted octanol–water partition coefficient (Wildman–Crippen LogP) is 3.18. The van der Waals surface area contributed by atoms with Crippen molar-refractivity contribution in [2.75, 3.05) is 57.3 Å². The fourth-order valence-corrected chi connectivity index (χ4v) is 4.05. The van der Waals surface area contributed by atoms with Crippen LogP contribution in [-0.2, 0) is 6.54 Å². The molecule has 0 unspecified atom stereocenters.